The number of esters is 1. The van der Waals surface area contributed by atoms with E-state index in [0.29, 0.717) is 24.6 Å². The number of carbonyl (C=O) groups excluding carboxylic acids is 1. The third kappa shape index (κ3) is 7.66. The van der Waals surface area contributed by atoms with Gasteiger partial charge in [-0.05, 0) is 19.4 Å². The normalized spacial score (nSPS) is 11.1. The summed E-state index contributed by atoms with van der Waals surface area (Å²) in [5.74, 6) is -0.390. The lowest BCUT2D eigenvalue weighted by Gasteiger charge is -2.13. The molecule has 0 spiro atoms. The van der Waals surface area contributed by atoms with Gasteiger partial charge in [-0.15, -0.1) is 0 Å². The molecule has 0 bridgehead atoms. The van der Waals surface area contributed by atoms with E-state index in [1.54, 1.807) is 6.92 Å². The molecule has 0 atom stereocenters. The quantitative estimate of drug-likeness (QED) is 0.237. The number of nitrogens with two attached hydrogens (primary N) is 3. The monoisotopic (exact) mass is 203 g/mol. The summed E-state index contributed by atoms with van der Waals surface area (Å²) in [7, 11) is -2.47. The molecule has 76 valence electrons. The van der Waals surface area contributed by atoms with Crippen molar-refractivity contribution < 1.29 is 9.53 Å². The molecule has 0 saturated heterocycles. The molecular formula is C7H17N3O2Si. The largest absolute Gasteiger partial charge is 0.462 e. The van der Waals surface area contributed by atoms with Crippen LogP contribution >= 0.6 is 0 Å². The first-order valence-electron chi connectivity index (χ1n) is 4.02. The molecule has 0 unspecified atom stereocenters. The SMILES string of the molecule is C=C(C)C(=O)OCCC[Si](N)(N)N. The van der Waals surface area contributed by atoms with Gasteiger partial charge in [0.1, 0.15) is 0 Å². The van der Waals surface area contributed by atoms with Crippen molar-refractivity contribution in [3.05, 3.63) is 12.2 Å². The number of hydrogen-bond acceptors (Lipinski definition) is 5. The van der Waals surface area contributed by atoms with Crippen molar-refractivity contribution in [1.82, 2.24) is 0 Å². The van der Waals surface area contributed by atoms with E-state index in [1.165, 1.54) is 0 Å². The van der Waals surface area contributed by atoms with Crippen LogP contribution in [0.4, 0.5) is 0 Å². The lowest BCUT2D eigenvalue weighted by atomic mass is 10.4. The standard InChI is InChI=1S/C7H17N3O2Si/c1-6(2)7(11)12-4-3-5-13(8,9)10/h1,3-5,8-10H2,2H3. The van der Waals surface area contributed by atoms with Crippen LogP contribution in [0.1, 0.15) is 13.3 Å². The molecule has 0 heterocycles. The molecule has 0 radical (unpaired) electrons. The molecule has 0 fully saturated rings. The lowest BCUT2D eigenvalue weighted by molar-refractivity contribution is -0.138. The van der Waals surface area contributed by atoms with E-state index in [9.17, 15) is 4.79 Å². The van der Waals surface area contributed by atoms with Gasteiger partial charge in [0.25, 0.3) is 8.56 Å². The predicted octanol–water partition coefficient (Wildman–Crippen LogP) is -0.689. The summed E-state index contributed by atoms with van der Waals surface area (Å²) in [5.41, 5.74) is 0.386. The van der Waals surface area contributed by atoms with Gasteiger partial charge in [-0.1, -0.05) is 6.58 Å². The maximum atomic E-state index is 10.9. The molecule has 6 N–H and O–H groups in total. The maximum absolute atomic E-state index is 10.9. The second-order valence-corrected chi connectivity index (χ2v) is 5.86. The first kappa shape index (κ1) is 12.3. The van der Waals surface area contributed by atoms with E-state index in [2.05, 4.69) is 6.58 Å². The molecule has 0 saturated carbocycles. The summed E-state index contributed by atoms with van der Waals surface area (Å²) in [4.78, 5) is 10.9. The molecule has 5 nitrogen and oxygen atoms in total. The molecule has 0 aromatic carbocycles. The fraction of sp³-hybridized carbons (Fsp3) is 0.571. The number of rotatable bonds is 5. The van der Waals surface area contributed by atoms with Gasteiger partial charge in [-0.3, -0.25) is 0 Å². The average molecular weight is 203 g/mol. The zero-order valence-electron chi connectivity index (χ0n) is 7.88. The Kier molecular flexibility index (Phi) is 4.85. The van der Waals surface area contributed by atoms with Gasteiger partial charge >= 0.3 is 5.97 Å². The van der Waals surface area contributed by atoms with Gasteiger partial charge in [-0.2, -0.15) is 0 Å². The van der Waals surface area contributed by atoms with Crippen molar-refractivity contribution in [3.63, 3.8) is 0 Å². The third-order valence-corrected chi connectivity index (χ3v) is 2.56. The molecule has 0 aliphatic heterocycles. The molecule has 0 aromatic heterocycles. The van der Waals surface area contributed by atoms with Gasteiger partial charge in [0, 0.05) is 5.57 Å². The second kappa shape index (κ2) is 5.13. The topological polar surface area (TPSA) is 104 Å². The van der Waals surface area contributed by atoms with Crippen molar-refractivity contribution in [2.75, 3.05) is 6.61 Å². The average Bonchev–Trinajstić information content (AvgIpc) is 1.95. The van der Waals surface area contributed by atoms with Crippen LogP contribution in [-0.4, -0.2) is 21.1 Å². The van der Waals surface area contributed by atoms with Crippen LogP contribution in [0.15, 0.2) is 12.2 Å². The van der Waals surface area contributed by atoms with Gasteiger partial charge in [0.15, 0.2) is 0 Å². The van der Waals surface area contributed by atoms with Crippen molar-refractivity contribution in [2.24, 2.45) is 16.2 Å². The first-order chi connectivity index (χ1) is 5.83. The predicted molar refractivity (Wildman–Crippen MR) is 53.5 cm³/mol. The Morgan fingerprint density at radius 1 is 1.46 bits per heavy atom. The molecule has 0 rings (SSSR count). The smallest absolute Gasteiger partial charge is 0.333 e. The summed E-state index contributed by atoms with van der Waals surface area (Å²) in [6.07, 6.45) is 0.606. The van der Waals surface area contributed by atoms with Gasteiger partial charge in [0.2, 0.25) is 0 Å². The molecule has 0 aliphatic rings. The highest BCUT2D eigenvalue weighted by Gasteiger charge is 2.16. The van der Waals surface area contributed by atoms with E-state index < -0.39 is 14.5 Å². The minimum absolute atomic E-state index is 0.298. The fourth-order valence-electron chi connectivity index (χ4n) is 0.666. The van der Waals surface area contributed by atoms with Crippen molar-refractivity contribution >= 4 is 14.5 Å². The van der Waals surface area contributed by atoms with Gasteiger partial charge in [0.05, 0.1) is 6.61 Å². The highest BCUT2D eigenvalue weighted by molar-refractivity contribution is 6.70. The second-order valence-electron chi connectivity index (χ2n) is 3.13. The zero-order valence-corrected chi connectivity index (χ0v) is 8.88. The van der Waals surface area contributed by atoms with E-state index in [1.807, 2.05) is 0 Å². The Labute approximate surface area is 79.2 Å². The van der Waals surface area contributed by atoms with Crippen LogP contribution in [0, 0.1) is 0 Å². The van der Waals surface area contributed by atoms with E-state index in [4.69, 9.17) is 20.9 Å². The molecular weight excluding hydrogens is 186 g/mol. The summed E-state index contributed by atoms with van der Waals surface area (Å²) >= 11 is 0. The minimum Gasteiger partial charge on any atom is -0.462 e. The molecule has 0 amide bonds. The highest BCUT2D eigenvalue weighted by atomic mass is 28.4. The Balaban J connectivity index is 3.47. The summed E-state index contributed by atoms with van der Waals surface area (Å²) in [6.45, 7) is 5.33. The number of hydrogen-bond donors (Lipinski definition) is 3. The summed E-state index contributed by atoms with van der Waals surface area (Å²) < 4.78 is 4.82. The number of ether oxygens (including phenoxy) is 1. The summed E-state index contributed by atoms with van der Waals surface area (Å²) in [6, 6.07) is 0.538. The Morgan fingerprint density at radius 3 is 2.38 bits per heavy atom. The Bertz CT molecular complexity index is 200. The van der Waals surface area contributed by atoms with Crippen molar-refractivity contribution in [1.29, 1.82) is 0 Å². The minimum atomic E-state index is -2.47. The van der Waals surface area contributed by atoms with E-state index >= 15 is 0 Å². The van der Waals surface area contributed by atoms with Gasteiger partial charge < -0.3 is 20.9 Å². The Hall–Kier alpha value is -0.693. The summed E-state index contributed by atoms with van der Waals surface area (Å²) in [5, 5.41) is 16.3. The maximum Gasteiger partial charge on any atom is 0.333 e. The lowest BCUT2D eigenvalue weighted by Crippen LogP contribution is -2.64. The van der Waals surface area contributed by atoms with E-state index in [0.717, 1.165) is 0 Å². The molecule has 0 aromatic rings. The van der Waals surface area contributed by atoms with Crippen LogP contribution in [0.2, 0.25) is 6.04 Å². The molecule has 6 heteroatoms. The van der Waals surface area contributed by atoms with E-state index in [-0.39, 0.29) is 0 Å². The highest BCUT2D eigenvalue weighted by Crippen LogP contribution is 1.97. The molecule has 0 aliphatic carbocycles. The first-order valence-corrected chi connectivity index (χ1v) is 6.46. The van der Waals surface area contributed by atoms with Crippen molar-refractivity contribution in [2.45, 2.75) is 19.4 Å². The zero-order chi connectivity index (χ0) is 10.5. The fourth-order valence-corrected chi connectivity index (χ4v) is 1.42. The van der Waals surface area contributed by atoms with Crippen LogP contribution in [-0.2, 0) is 9.53 Å². The Morgan fingerprint density at radius 2 is 2.00 bits per heavy atom. The van der Waals surface area contributed by atoms with Crippen molar-refractivity contribution in [3.8, 4) is 0 Å². The number of carbonyl (C=O) groups is 1. The van der Waals surface area contributed by atoms with Crippen LogP contribution in [0.5, 0.6) is 0 Å². The molecule has 13 heavy (non-hydrogen) atoms. The van der Waals surface area contributed by atoms with Crippen LogP contribution < -0.4 is 16.2 Å². The van der Waals surface area contributed by atoms with Gasteiger partial charge in [-0.25, -0.2) is 4.79 Å². The van der Waals surface area contributed by atoms with Crippen LogP contribution in [0.25, 0.3) is 0 Å². The third-order valence-electron chi connectivity index (χ3n) is 1.34. The van der Waals surface area contributed by atoms with Crippen LogP contribution in [0.3, 0.4) is 0 Å².